The molecule has 1 N–H and O–H groups in total. The van der Waals surface area contributed by atoms with Crippen molar-refractivity contribution in [2.75, 3.05) is 0 Å². The van der Waals surface area contributed by atoms with Gasteiger partial charge in [0, 0.05) is 12.5 Å². The molecule has 0 fully saturated rings. The van der Waals surface area contributed by atoms with Crippen molar-refractivity contribution in [3.8, 4) is 0 Å². The van der Waals surface area contributed by atoms with Crippen LogP contribution in [-0.2, 0) is 29.3 Å². The Labute approximate surface area is 191 Å². The maximum atomic E-state index is 15.6. The Morgan fingerprint density at radius 1 is 1.15 bits per heavy atom. The van der Waals surface area contributed by atoms with E-state index >= 15 is 4.39 Å². The van der Waals surface area contributed by atoms with Crippen LogP contribution in [0.3, 0.4) is 0 Å². The summed E-state index contributed by atoms with van der Waals surface area (Å²) in [4.78, 5) is 12.8. The zero-order chi connectivity index (χ0) is 23.4. The minimum Gasteiger partial charge on any atom is -0.461 e. The van der Waals surface area contributed by atoms with Crippen molar-refractivity contribution in [2.24, 2.45) is 0 Å². The number of hydrogen-bond donors (Lipinski definition) is 1. The van der Waals surface area contributed by atoms with E-state index < -0.39 is 17.7 Å². The van der Waals surface area contributed by atoms with Crippen molar-refractivity contribution in [1.29, 1.82) is 0 Å². The highest BCUT2D eigenvalue weighted by Gasteiger charge is 2.25. The summed E-state index contributed by atoms with van der Waals surface area (Å²) in [5.41, 5.74) is 4.37. The number of esters is 1. The van der Waals surface area contributed by atoms with E-state index in [0.29, 0.717) is 17.6 Å². The molecule has 0 saturated carbocycles. The molecule has 0 aliphatic carbocycles. The number of nitrogens with zero attached hydrogens (tertiary/aromatic N) is 3. The van der Waals surface area contributed by atoms with Gasteiger partial charge in [-0.1, -0.05) is 59.8 Å². The first kappa shape index (κ1) is 22.6. The first-order valence-electron chi connectivity index (χ1n) is 10.9. The first-order chi connectivity index (χ1) is 16.0. The summed E-state index contributed by atoms with van der Waals surface area (Å²) < 4.78 is 22.7. The second kappa shape index (κ2) is 9.92. The zero-order valence-corrected chi connectivity index (χ0v) is 18.7. The molecular weight excluding hydrogens is 421 g/mol. The van der Waals surface area contributed by atoms with Crippen LogP contribution in [0.4, 0.5) is 4.39 Å². The van der Waals surface area contributed by atoms with Crippen molar-refractivity contribution in [3.05, 3.63) is 94.3 Å². The predicted octanol–water partition coefficient (Wildman–Crippen LogP) is 4.66. The quantitative estimate of drug-likeness (QED) is 0.398. The van der Waals surface area contributed by atoms with Crippen LogP contribution in [0.5, 0.6) is 0 Å². The van der Waals surface area contributed by atoms with Crippen molar-refractivity contribution in [3.63, 3.8) is 0 Å². The molecule has 3 aromatic carbocycles. The molecule has 0 unspecified atom stereocenters. The van der Waals surface area contributed by atoms with Crippen LogP contribution < -0.4 is 0 Å². The lowest BCUT2D eigenvalue weighted by atomic mass is 9.86. The van der Waals surface area contributed by atoms with Gasteiger partial charge in [-0.25, -0.2) is 9.07 Å². The lowest BCUT2D eigenvalue weighted by Gasteiger charge is -2.20. The van der Waals surface area contributed by atoms with Crippen LogP contribution in [0, 0.1) is 12.7 Å². The third kappa shape index (κ3) is 4.78. The molecule has 4 aromatic rings. The molecule has 1 aromatic heterocycles. The van der Waals surface area contributed by atoms with Gasteiger partial charge in [0.1, 0.15) is 12.1 Å². The molecule has 7 heteroatoms. The smallest absolute Gasteiger partial charge is 0.307 e. The number of carbonyl (C=O) groups excluding carboxylic acids is 1. The Bertz CT molecular complexity index is 1270. The first-order valence-corrected chi connectivity index (χ1v) is 10.9. The molecule has 0 amide bonds. The highest BCUT2D eigenvalue weighted by atomic mass is 19.1. The number of aliphatic hydroxyl groups excluding tert-OH is 1. The number of ether oxygens (including phenoxy) is 1. The number of carbonyl (C=O) groups is 1. The van der Waals surface area contributed by atoms with Gasteiger partial charge < -0.3 is 9.84 Å². The van der Waals surface area contributed by atoms with Crippen LogP contribution in [0.1, 0.15) is 47.1 Å². The highest BCUT2D eigenvalue weighted by Crippen LogP contribution is 2.34. The highest BCUT2D eigenvalue weighted by molar-refractivity contribution is 5.77. The van der Waals surface area contributed by atoms with Gasteiger partial charge in [-0.3, -0.25) is 4.79 Å². The molecule has 0 spiro atoms. The standard InChI is InChI=1S/C26H26FN3O3/c1-3-30-23-12-11-21(25(27)26(23)28-29-30)22(19-10-9-17(2)20(13-19)15-31)14-24(32)33-16-18-7-5-4-6-8-18/h4-13,22,31H,3,14-16H2,1-2H3/t22-/m1/s1. The van der Waals surface area contributed by atoms with Crippen molar-refractivity contribution in [1.82, 2.24) is 15.0 Å². The average molecular weight is 448 g/mol. The Kier molecular flexibility index (Phi) is 6.79. The summed E-state index contributed by atoms with van der Waals surface area (Å²) in [5.74, 6) is -1.54. The molecule has 1 heterocycles. The normalized spacial score (nSPS) is 12.1. The van der Waals surface area contributed by atoms with Crippen LogP contribution in [0.15, 0.2) is 60.7 Å². The van der Waals surface area contributed by atoms with Gasteiger partial charge in [0.25, 0.3) is 0 Å². The van der Waals surface area contributed by atoms with Crippen LogP contribution >= 0.6 is 0 Å². The average Bonchev–Trinajstić information content (AvgIpc) is 3.27. The second-order valence-corrected chi connectivity index (χ2v) is 7.99. The number of halogens is 1. The maximum Gasteiger partial charge on any atom is 0.307 e. The summed E-state index contributed by atoms with van der Waals surface area (Å²) in [6.07, 6.45) is -0.0505. The van der Waals surface area contributed by atoms with E-state index in [1.807, 2.05) is 62.4 Å². The number of aryl methyl sites for hydroxylation is 2. The van der Waals surface area contributed by atoms with Gasteiger partial charge in [0.15, 0.2) is 5.82 Å². The van der Waals surface area contributed by atoms with E-state index in [1.54, 1.807) is 16.8 Å². The van der Waals surface area contributed by atoms with Gasteiger partial charge in [0.05, 0.1) is 18.5 Å². The summed E-state index contributed by atoms with van der Waals surface area (Å²) in [5, 5.41) is 17.7. The van der Waals surface area contributed by atoms with Crippen LogP contribution in [-0.4, -0.2) is 26.1 Å². The fourth-order valence-electron chi connectivity index (χ4n) is 3.97. The number of benzene rings is 3. The molecule has 170 valence electrons. The number of hydrogen-bond acceptors (Lipinski definition) is 5. The Morgan fingerprint density at radius 2 is 1.94 bits per heavy atom. The maximum absolute atomic E-state index is 15.6. The van der Waals surface area contributed by atoms with Crippen LogP contribution in [0.2, 0.25) is 0 Å². The molecule has 1 atom stereocenters. The third-order valence-electron chi connectivity index (χ3n) is 5.89. The fraction of sp³-hybridized carbons (Fsp3) is 0.269. The summed E-state index contributed by atoms with van der Waals surface area (Å²) >= 11 is 0. The molecule has 6 nitrogen and oxygen atoms in total. The van der Waals surface area contributed by atoms with E-state index in [-0.39, 0.29) is 25.2 Å². The molecule has 0 aliphatic rings. The van der Waals surface area contributed by atoms with Crippen molar-refractivity contribution >= 4 is 17.0 Å². The van der Waals surface area contributed by atoms with E-state index in [4.69, 9.17) is 4.74 Å². The number of fused-ring (bicyclic) bond motifs is 1. The SMILES string of the molecule is CCn1nnc2c(F)c([C@H](CC(=O)OCc3ccccc3)c3ccc(C)c(CO)c3)ccc21. The van der Waals surface area contributed by atoms with Gasteiger partial charge in [0.2, 0.25) is 0 Å². The second-order valence-electron chi connectivity index (χ2n) is 7.99. The molecule has 0 aliphatic heterocycles. The fourth-order valence-corrected chi connectivity index (χ4v) is 3.97. The topological polar surface area (TPSA) is 77.2 Å². The van der Waals surface area contributed by atoms with Gasteiger partial charge >= 0.3 is 5.97 Å². The van der Waals surface area contributed by atoms with Gasteiger partial charge in [-0.05, 0) is 47.7 Å². The van der Waals surface area contributed by atoms with E-state index in [9.17, 15) is 9.90 Å². The summed E-state index contributed by atoms with van der Waals surface area (Å²) in [7, 11) is 0. The Balaban J connectivity index is 1.69. The van der Waals surface area contributed by atoms with Crippen molar-refractivity contribution < 1.29 is 19.0 Å². The van der Waals surface area contributed by atoms with E-state index in [1.165, 1.54) is 0 Å². The Morgan fingerprint density at radius 3 is 2.67 bits per heavy atom. The largest absolute Gasteiger partial charge is 0.461 e. The minimum atomic E-state index is -0.602. The monoisotopic (exact) mass is 447 g/mol. The van der Waals surface area contributed by atoms with Crippen LogP contribution in [0.25, 0.3) is 11.0 Å². The predicted molar refractivity (Wildman–Crippen MR) is 123 cm³/mol. The van der Waals surface area contributed by atoms with E-state index in [0.717, 1.165) is 22.3 Å². The van der Waals surface area contributed by atoms with Crippen molar-refractivity contribution in [2.45, 2.75) is 45.9 Å². The molecule has 4 rings (SSSR count). The molecule has 0 bridgehead atoms. The molecule has 33 heavy (non-hydrogen) atoms. The molecule has 0 radical (unpaired) electrons. The van der Waals surface area contributed by atoms with Gasteiger partial charge in [-0.15, -0.1) is 5.10 Å². The molecular formula is C26H26FN3O3. The number of aliphatic hydroxyl groups is 1. The van der Waals surface area contributed by atoms with E-state index in [2.05, 4.69) is 10.3 Å². The minimum absolute atomic E-state index is 0.0505. The zero-order valence-electron chi connectivity index (χ0n) is 18.7. The summed E-state index contributed by atoms with van der Waals surface area (Å²) in [6.45, 7) is 4.39. The lowest BCUT2D eigenvalue weighted by Crippen LogP contribution is -2.14. The summed E-state index contributed by atoms with van der Waals surface area (Å²) in [6, 6.07) is 18.4. The lowest BCUT2D eigenvalue weighted by molar-refractivity contribution is -0.145. The third-order valence-corrected chi connectivity index (χ3v) is 5.89. The number of aromatic nitrogens is 3. The van der Waals surface area contributed by atoms with Gasteiger partial charge in [-0.2, -0.15) is 0 Å². The number of rotatable bonds is 8. The Hall–Kier alpha value is -3.58. The molecule has 0 saturated heterocycles.